The monoisotopic (exact) mass is 290 g/mol. The van der Waals surface area contributed by atoms with Crippen LogP contribution in [0.5, 0.6) is 11.5 Å². The molecule has 2 aromatic rings. The van der Waals surface area contributed by atoms with E-state index < -0.39 is 16.4 Å². The Bertz CT molecular complexity index is 674. The van der Waals surface area contributed by atoms with Gasteiger partial charge in [-0.25, -0.2) is 4.39 Å². The van der Waals surface area contributed by atoms with Gasteiger partial charge in [-0.2, -0.15) is 0 Å². The molecule has 0 fully saturated rings. The van der Waals surface area contributed by atoms with Crippen molar-refractivity contribution in [2.45, 2.75) is 13.5 Å². The van der Waals surface area contributed by atoms with Gasteiger partial charge in [-0.05, 0) is 43.3 Å². The third kappa shape index (κ3) is 3.55. The smallest absolute Gasteiger partial charge is 0.314 e. The molecular formula is C15H15FN2O3. The summed E-state index contributed by atoms with van der Waals surface area (Å²) in [4.78, 5) is 10.3. The van der Waals surface area contributed by atoms with Crippen molar-refractivity contribution in [1.29, 1.82) is 0 Å². The highest BCUT2D eigenvalue weighted by molar-refractivity contribution is 5.51. The van der Waals surface area contributed by atoms with Gasteiger partial charge in [0, 0.05) is 6.54 Å². The molecule has 6 heteroatoms. The molecule has 0 heterocycles. The SMILES string of the molecule is CNCc1cccc(Oc2cc(C)c(F)cc2[N+](=O)[O-])c1. The van der Waals surface area contributed by atoms with Gasteiger partial charge in [0.05, 0.1) is 11.0 Å². The molecule has 0 unspecified atom stereocenters. The fourth-order valence-electron chi connectivity index (χ4n) is 1.92. The minimum absolute atomic E-state index is 0.0282. The molecule has 0 aliphatic rings. The Morgan fingerprint density at radius 1 is 1.33 bits per heavy atom. The lowest BCUT2D eigenvalue weighted by atomic mass is 10.2. The maximum absolute atomic E-state index is 13.5. The number of nitro groups is 1. The van der Waals surface area contributed by atoms with Crippen LogP contribution in [0.4, 0.5) is 10.1 Å². The lowest BCUT2D eigenvalue weighted by Gasteiger charge is -2.09. The normalized spacial score (nSPS) is 10.4. The first-order valence-corrected chi connectivity index (χ1v) is 6.37. The minimum atomic E-state index is -0.657. The van der Waals surface area contributed by atoms with Gasteiger partial charge in [-0.15, -0.1) is 0 Å². The van der Waals surface area contributed by atoms with Crippen molar-refractivity contribution >= 4 is 5.69 Å². The predicted octanol–water partition coefficient (Wildman–Crippen LogP) is 3.55. The summed E-state index contributed by atoms with van der Waals surface area (Å²) in [6.07, 6.45) is 0. The molecule has 0 aliphatic carbocycles. The van der Waals surface area contributed by atoms with E-state index in [4.69, 9.17) is 4.74 Å². The van der Waals surface area contributed by atoms with E-state index in [9.17, 15) is 14.5 Å². The summed E-state index contributed by atoms with van der Waals surface area (Å²) in [6.45, 7) is 2.19. The Balaban J connectivity index is 2.36. The standard InChI is InChI=1S/C15H15FN2O3/c1-10-6-15(14(18(19)20)8-13(10)16)21-12-5-3-4-11(7-12)9-17-2/h3-8,17H,9H2,1-2H3. The van der Waals surface area contributed by atoms with Crippen molar-refractivity contribution in [2.75, 3.05) is 7.05 Å². The summed E-state index contributed by atoms with van der Waals surface area (Å²) in [6, 6.07) is 9.39. The average molecular weight is 290 g/mol. The highest BCUT2D eigenvalue weighted by Crippen LogP contribution is 2.33. The van der Waals surface area contributed by atoms with Gasteiger partial charge in [0.25, 0.3) is 0 Å². The van der Waals surface area contributed by atoms with Crippen molar-refractivity contribution in [1.82, 2.24) is 5.32 Å². The number of hydrogen-bond acceptors (Lipinski definition) is 4. The maximum atomic E-state index is 13.5. The number of rotatable bonds is 5. The number of halogens is 1. The van der Waals surface area contributed by atoms with E-state index in [2.05, 4.69) is 5.32 Å². The summed E-state index contributed by atoms with van der Waals surface area (Å²) in [5.41, 5.74) is 0.885. The molecule has 5 nitrogen and oxygen atoms in total. The summed E-state index contributed by atoms with van der Waals surface area (Å²) in [7, 11) is 1.82. The van der Waals surface area contributed by atoms with E-state index in [1.54, 1.807) is 18.2 Å². The molecule has 1 N–H and O–H groups in total. The largest absolute Gasteiger partial charge is 0.450 e. The van der Waals surface area contributed by atoms with Crippen LogP contribution in [0.1, 0.15) is 11.1 Å². The topological polar surface area (TPSA) is 64.4 Å². The lowest BCUT2D eigenvalue weighted by Crippen LogP contribution is -2.04. The Morgan fingerprint density at radius 2 is 2.10 bits per heavy atom. The predicted molar refractivity (Wildman–Crippen MR) is 77.1 cm³/mol. The Hall–Kier alpha value is -2.47. The van der Waals surface area contributed by atoms with E-state index in [0.717, 1.165) is 11.6 Å². The molecular weight excluding hydrogens is 275 g/mol. The summed E-state index contributed by atoms with van der Waals surface area (Å²) < 4.78 is 19.0. The van der Waals surface area contributed by atoms with Crippen molar-refractivity contribution in [2.24, 2.45) is 0 Å². The Kier molecular flexibility index (Phi) is 4.49. The Labute approximate surface area is 121 Å². The molecule has 0 amide bonds. The average Bonchev–Trinajstić information content (AvgIpc) is 2.43. The van der Waals surface area contributed by atoms with Crippen LogP contribution in [0.2, 0.25) is 0 Å². The minimum Gasteiger partial charge on any atom is -0.450 e. The molecule has 0 aliphatic heterocycles. The van der Waals surface area contributed by atoms with E-state index in [-0.39, 0.29) is 5.75 Å². The fraction of sp³-hybridized carbons (Fsp3) is 0.200. The highest BCUT2D eigenvalue weighted by atomic mass is 19.1. The molecule has 110 valence electrons. The molecule has 0 bridgehead atoms. The van der Waals surface area contributed by atoms with Crippen LogP contribution in [-0.4, -0.2) is 12.0 Å². The second-order valence-electron chi connectivity index (χ2n) is 4.61. The van der Waals surface area contributed by atoms with Crippen LogP contribution in [0, 0.1) is 22.9 Å². The first kappa shape index (κ1) is 14.9. The zero-order chi connectivity index (χ0) is 15.4. The fourth-order valence-corrected chi connectivity index (χ4v) is 1.92. The molecule has 21 heavy (non-hydrogen) atoms. The number of ether oxygens (including phenoxy) is 1. The third-order valence-electron chi connectivity index (χ3n) is 2.94. The number of nitrogens with zero attached hydrogens (tertiary/aromatic N) is 1. The van der Waals surface area contributed by atoms with Gasteiger partial charge in [0.2, 0.25) is 5.75 Å². The molecule has 0 spiro atoms. The third-order valence-corrected chi connectivity index (χ3v) is 2.94. The zero-order valence-electron chi connectivity index (χ0n) is 11.7. The maximum Gasteiger partial charge on any atom is 0.314 e. The molecule has 0 atom stereocenters. The van der Waals surface area contributed by atoms with E-state index in [1.165, 1.54) is 13.0 Å². The van der Waals surface area contributed by atoms with Gasteiger partial charge >= 0.3 is 5.69 Å². The van der Waals surface area contributed by atoms with Crippen LogP contribution in [-0.2, 0) is 6.54 Å². The molecule has 0 saturated carbocycles. The number of nitrogens with one attached hydrogen (secondary N) is 1. The molecule has 0 saturated heterocycles. The number of benzene rings is 2. The zero-order valence-corrected chi connectivity index (χ0v) is 11.7. The first-order chi connectivity index (χ1) is 10.0. The van der Waals surface area contributed by atoms with Gasteiger partial charge in [-0.1, -0.05) is 12.1 Å². The van der Waals surface area contributed by atoms with Gasteiger partial charge in [-0.3, -0.25) is 10.1 Å². The van der Waals surface area contributed by atoms with Gasteiger partial charge in [0.15, 0.2) is 0 Å². The second kappa shape index (κ2) is 6.32. The van der Waals surface area contributed by atoms with Crippen molar-refractivity contribution in [3.05, 3.63) is 63.5 Å². The van der Waals surface area contributed by atoms with Gasteiger partial charge in [0.1, 0.15) is 11.6 Å². The van der Waals surface area contributed by atoms with Crippen molar-refractivity contribution in [3.8, 4) is 11.5 Å². The number of nitro benzene ring substituents is 1. The quantitative estimate of drug-likeness (QED) is 0.675. The van der Waals surface area contributed by atoms with E-state index >= 15 is 0 Å². The Morgan fingerprint density at radius 3 is 2.76 bits per heavy atom. The van der Waals surface area contributed by atoms with Crippen LogP contribution < -0.4 is 10.1 Å². The van der Waals surface area contributed by atoms with Crippen LogP contribution in [0.15, 0.2) is 36.4 Å². The van der Waals surface area contributed by atoms with Crippen molar-refractivity contribution in [3.63, 3.8) is 0 Å². The van der Waals surface area contributed by atoms with Crippen molar-refractivity contribution < 1.29 is 14.1 Å². The van der Waals surface area contributed by atoms with Gasteiger partial charge < -0.3 is 10.1 Å². The van der Waals surface area contributed by atoms with E-state index in [0.29, 0.717) is 17.9 Å². The number of hydrogen-bond donors (Lipinski definition) is 1. The van der Waals surface area contributed by atoms with Crippen LogP contribution in [0.25, 0.3) is 0 Å². The molecule has 2 aromatic carbocycles. The van der Waals surface area contributed by atoms with Crippen LogP contribution >= 0.6 is 0 Å². The molecule has 2 rings (SSSR count). The molecule has 0 aromatic heterocycles. The summed E-state index contributed by atoms with van der Waals surface area (Å²) in [5.74, 6) is -0.129. The number of aryl methyl sites for hydroxylation is 1. The highest BCUT2D eigenvalue weighted by Gasteiger charge is 2.19. The van der Waals surface area contributed by atoms with E-state index in [1.807, 2.05) is 13.1 Å². The summed E-state index contributed by atoms with van der Waals surface area (Å²) in [5, 5.41) is 14.0. The lowest BCUT2D eigenvalue weighted by molar-refractivity contribution is -0.385. The second-order valence-corrected chi connectivity index (χ2v) is 4.61. The van der Waals surface area contributed by atoms with Crippen LogP contribution in [0.3, 0.4) is 0 Å². The summed E-state index contributed by atoms with van der Waals surface area (Å²) >= 11 is 0. The molecule has 0 radical (unpaired) electrons. The first-order valence-electron chi connectivity index (χ1n) is 6.37.